The second kappa shape index (κ2) is 5.53. The third kappa shape index (κ3) is 3.20. The molecule has 4 heteroatoms. The Balaban J connectivity index is 2.28. The highest BCUT2D eigenvalue weighted by Crippen LogP contribution is 2.24. The molecule has 0 radical (unpaired) electrons. The number of rotatable bonds is 2. The lowest BCUT2D eigenvalue weighted by Crippen LogP contribution is -2.14. The van der Waals surface area contributed by atoms with Gasteiger partial charge in [0.05, 0.1) is 5.69 Å². The second-order valence-electron chi connectivity index (χ2n) is 4.40. The van der Waals surface area contributed by atoms with Crippen LogP contribution in [0, 0.1) is 19.7 Å². The summed E-state index contributed by atoms with van der Waals surface area (Å²) in [5.74, 6) is -0.551. The van der Waals surface area contributed by atoms with Crippen molar-refractivity contribution in [2.75, 3.05) is 5.32 Å². The molecule has 0 unspecified atom stereocenters. The van der Waals surface area contributed by atoms with Gasteiger partial charge in [-0.25, -0.2) is 4.39 Å². The Bertz CT molecular complexity index is 640. The standard InChI is InChI=1S/C15H13BrFNO/c1-9-3-4-10(2)12(7-9)15(19)18-14-6-5-11(17)8-13(14)16/h3-8H,1-2H3,(H,18,19). The number of benzene rings is 2. The minimum atomic E-state index is -0.350. The Labute approximate surface area is 119 Å². The van der Waals surface area contributed by atoms with Crippen LogP contribution in [0.1, 0.15) is 21.5 Å². The average Bonchev–Trinajstić information content (AvgIpc) is 2.35. The molecule has 0 atom stereocenters. The molecule has 0 heterocycles. The van der Waals surface area contributed by atoms with Crippen LogP contribution in [0.2, 0.25) is 0 Å². The Morgan fingerprint density at radius 2 is 1.89 bits per heavy atom. The van der Waals surface area contributed by atoms with Crippen molar-refractivity contribution in [1.82, 2.24) is 0 Å². The van der Waals surface area contributed by atoms with Gasteiger partial charge in [0.15, 0.2) is 0 Å². The monoisotopic (exact) mass is 321 g/mol. The number of nitrogens with one attached hydrogen (secondary N) is 1. The lowest BCUT2D eigenvalue weighted by atomic mass is 10.1. The van der Waals surface area contributed by atoms with Gasteiger partial charge in [-0.15, -0.1) is 0 Å². The summed E-state index contributed by atoms with van der Waals surface area (Å²) < 4.78 is 13.5. The van der Waals surface area contributed by atoms with E-state index in [1.165, 1.54) is 18.2 Å². The van der Waals surface area contributed by atoms with Gasteiger partial charge in [0.2, 0.25) is 0 Å². The number of aryl methyl sites for hydroxylation is 2. The summed E-state index contributed by atoms with van der Waals surface area (Å²) in [7, 11) is 0. The molecule has 2 nitrogen and oxygen atoms in total. The third-order valence-corrected chi connectivity index (χ3v) is 3.47. The van der Waals surface area contributed by atoms with Gasteiger partial charge in [-0.3, -0.25) is 4.79 Å². The average molecular weight is 322 g/mol. The van der Waals surface area contributed by atoms with Gasteiger partial charge in [-0.2, -0.15) is 0 Å². The molecule has 98 valence electrons. The van der Waals surface area contributed by atoms with Gasteiger partial charge in [0.1, 0.15) is 5.82 Å². The van der Waals surface area contributed by atoms with E-state index in [1.807, 2.05) is 32.0 Å². The van der Waals surface area contributed by atoms with Gasteiger partial charge in [-0.1, -0.05) is 17.7 Å². The van der Waals surface area contributed by atoms with Crippen LogP contribution in [-0.4, -0.2) is 5.91 Å². The smallest absolute Gasteiger partial charge is 0.255 e. The minimum absolute atomic E-state index is 0.200. The quantitative estimate of drug-likeness (QED) is 0.869. The first kappa shape index (κ1) is 13.7. The maximum absolute atomic E-state index is 13.0. The molecule has 2 aromatic rings. The fourth-order valence-electron chi connectivity index (χ4n) is 1.76. The van der Waals surface area contributed by atoms with Gasteiger partial charge in [0.25, 0.3) is 5.91 Å². The van der Waals surface area contributed by atoms with E-state index < -0.39 is 0 Å². The predicted molar refractivity (Wildman–Crippen MR) is 78.0 cm³/mol. The van der Waals surface area contributed by atoms with Gasteiger partial charge in [-0.05, 0) is 59.6 Å². The molecular weight excluding hydrogens is 309 g/mol. The molecule has 0 aliphatic carbocycles. The molecule has 1 N–H and O–H groups in total. The number of hydrogen-bond donors (Lipinski definition) is 1. The lowest BCUT2D eigenvalue weighted by Gasteiger charge is -2.10. The van der Waals surface area contributed by atoms with Crippen LogP contribution in [0.25, 0.3) is 0 Å². The first-order chi connectivity index (χ1) is 8.97. The van der Waals surface area contributed by atoms with E-state index in [4.69, 9.17) is 0 Å². The summed E-state index contributed by atoms with van der Waals surface area (Å²) in [6.45, 7) is 3.82. The summed E-state index contributed by atoms with van der Waals surface area (Å²) in [6, 6.07) is 9.86. The maximum Gasteiger partial charge on any atom is 0.255 e. The Morgan fingerprint density at radius 3 is 2.58 bits per heavy atom. The number of carbonyl (C=O) groups is 1. The molecule has 0 aliphatic heterocycles. The van der Waals surface area contributed by atoms with Gasteiger partial charge >= 0.3 is 0 Å². The van der Waals surface area contributed by atoms with Crippen LogP contribution in [0.4, 0.5) is 10.1 Å². The zero-order chi connectivity index (χ0) is 14.0. The van der Waals surface area contributed by atoms with E-state index in [-0.39, 0.29) is 11.7 Å². The van der Waals surface area contributed by atoms with Crippen LogP contribution >= 0.6 is 15.9 Å². The maximum atomic E-state index is 13.0. The molecule has 2 rings (SSSR count). The molecule has 0 saturated carbocycles. The van der Waals surface area contributed by atoms with Crippen molar-refractivity contribution < 1.29 is 9.18 Å². The molecule has 0 bridgehead atoms. The van der Waals surface area contributed by atoms with E-state index in [0.717, 1.165) is 11.1 Å². The number of anilines is 1. The first-order valence-electron chi connectivity index (χ1n) is 5.81. The van der Waals surface area contributed by atoms with Crippen molar-refractivity contribution in [3.8, 4) is 0 Å². The number of hydrogen-bond acceptors (Lipinski definition) is 1. The van der Waals surface area contributed by atoms with Crippen molar-refractivity contribution in [3.63, 3.8) is 0 Å². The van der Waals surface area contributed by atoms with E-state index in [0.29, 0.717) is 15.7 Å². The molecule has 2 aromatic carbocycles. The second-order valence-corrected chi connectivity index (χ2v) is 5.25. The predicted octanol–water partition coefficient (Wildman–Crippen LogP) is 4.46. The lowest BCUT2D eigenvalue weighted by molar-refractivity contribution is 0.102. The molecule has 0 aliphatic rings. The zero-order valence-corrected chi connectivity index (χ0v) is 12.2. The van der Waals surface area contributed by atoms with Crippen molar-refractivity contribution >= 4 is 27.5 Å². The van der Waals surface area contributed by atoms with Crippen molar-refractivity contribution in [3.05, 3.63) is 63.4 Å². The van der Waals surface area contributed by atoms with Crippen LogP contribution < -0.4 is 5.32 Å². The summed E-state index contributed by atoms with van der Waals surface area (Å²) in [6.07, 6.45) is 0. The molecule has 0 fully saturated rings. The summed E-state index contributed by atoms with van der Waals surface area (Å²) >= 11 is 3.23. The number of amides is 1. The highest BCUT2D eigenvalue weighted by molar-refractivity contribution is 9.10. The molecule has 1 amide bonds. The third-order valence-electron chi connectivity index (χ3n) is 2.82. The fourth-order valence-corrected chi connectivity index (χ4v) is 2.21. The molecule has 0 aromatic heterocycles. The van der Waals surface area contributed by atoms with Gasteiger partial charge in [0, 0.05) is 10.0 Å². The van der Waals surface area contributed by atoms with Gasteiger partial charge < -0.3 is 5.32 Å². The molecule has 0 spiro atoms. The largest absolute Gasteiger partial charge is 0.321 e. The Hall–Kier alpha value is -1.68. The normalized spacial score (nSPS) is 10.3. The molecular formula is C15H13BrFNO. The Morgan fingerprint density at radius 1 is 1.16 bits per heavy atom. The summed E-state index contributed by atoms with van der Waals surface area (Å²) in [5, 5.41) is 2.77. The van der Waals surface area contributed by atoms with Crippen molar-refractivity contribution in [2.45, 2.75) is 13.8 Å². The van der Waals surface area contributed by atoms with Crippen molar-refractivity contribution in [1.29, 1.82) is 0 Å². The molecule has 0 saturated heterocycles. The number of carbonyl (C=O) groups excluding carboxylic acids is 1. The zero-order valence-electron chi connectivity index (χ0n) is 10.6. The van der Waals surface area contributed by atoms with E-state index in [2.05, 4.69) is 21.2 Å². The Kier molecular flexibility index (Phi) is 4.00. The highest BCUT2D eigenvalue weighted by Gasteiger charge is 2.11. The molecule has 19 heavy (non-hydrogen) atoms. The SMILES string of the molecule is Cc1ccc(C)c(C(=O)Nc2ccc(F)cc2Br)c1. The number of halogens is 2. The van der Waals surface area contributed by atoms with Crippen LogP contribution in [0.5, 0.6) is 0 Å². The van der Waals surface area contributed by atoms with Crippen LogP contribution in [0.3, 0.4) is 0 Å². The highest BCUT2D eigenvalue weighted by atomic mass is 79.9. The van der Waals surface area contributed by atoms with E-state index in [9.17, 15) is 9.18 Å². The van der Waals surface area contributed by atoms with E-state index >= 15 is 0 Å². The minimum Gasteiger partial charge on any atom is -0.321 e. The van der Waals surface area contributed by atoms with E-state index in [1.54, 1.807) is 0 Å². The van der Waals surface area contributed by atoms with Crippen LogP contribution in [-0.2, 0) is 0 Å². The van der Waals surface area contributed by atoms with Crippen molar-refractivity contribution in [2.24, 2.45) is 0 Å². The van der Waals surface area contributed by atoms with Crippen LogP contribution in [0.15, 0.2) is 40.9 Å². The fraction of sp³-hybridized carbons (Fsp3) is 0.133. The first-order valence-corrected chi connectivity index (χ1v) is 6.60. The summed E-state index contributed by atoms with van der Waals surface area (Å²) in [5.41, 5.74) is 3.10. The summed E-state index contributed by atoms with van der Waals surface area (Å²) in [4.78, 5) is 12.2. The topological polar surface area (TPSA) is 29.1 Å².